The number of imidazole rings is 1. The van der Waals surface area contributed by atoms with Crippen LogP contribution in [0.3, 0.4) is 0 Å². The van der Waals surface area contributed by atoms with Gasteiger partial charge in [-0.1, -0.05) is 29.3 Å². The van der Waals surface area contributed by atoms with Crippen molar-refractivity contribution in [3.8, 4) is 11.4 Å². The first-order valence-corrected chi connectivity index (χ1v) is 9.53. The van der Waals surface area contributed by atoms with E-state index in [9.17, 15) is 4.79 Å². The topological polar surface area (TPSA) is 58.6 Å². The van der Waals surface area contributed by atoms with Crippen LogP contribution in [0.5, 0.6) is 0 Å². The van der Waals surface area contributed by atoms with E-state index in [1.807, 2.05) is 18.4 Å². The Balaban J connectivity index is 1.69. The van der Waals surface area contributed by atoms with Crippen LogP contribution in [-0.4, -0.2) is 20.7 Å². The van der Waals surface area contributed by atoms with Crippen LogP contribution in [-0.2, 0) is 6.42 Å². The van der Waals surface area contributed by atoms with Crippen LogP contribution in [0, 0.1) is 6.92 Å². The minimum Gasteiger partial charge on any atom is -0.338 e. The average Bonchev–Trinajstić information content (AvgIpc) is 3.19. The summed E-state index contributed by atoms with van der Waals surface area (Å²) >= 11 is 14.0. The number of carbonyl (C=O) groups is 1. The number of halogens is 2. The molecule has 4 rings (SSSR count). The van der Waals surface area contributed by atoms with Crippen LogP contribution in [0.4, 0.5) is 0 Å². The highest BCUT2D eigenvalue weighted by Crippen LogP contribution is 2.34. The van der Waals surface area contributed by atoms with Crippen LogP contribution in [0.1, 0.15) is 21.1 Å². The van der Waals surface area contributed by atoms with Crippen LogP contribution < -0.4 is 0 Å². The first-order valence-electron chi connectivity index (χ1n) is 7.89. The normalized spacial score (nSPS) is 11.2. The Morgan fingerprint density at radius 3 is 2.62 bits per heavy atom. The average molecular weight is 402 g/mol. The molecular formula is C19H13Cl2N3OS. The lowest BCUT2D eigenvalue weighted by atomic mass is 10.1. The second kappa shape index (κ2) is 6.83. The van der Waals surface area contributed by atoms with Gasteiger partial charge in [0.2, 0.25) is 0 Å². The highest BCUT2D eigenvalue weighted by atomic mass is 35.5. The number of benzene rings is 2. The molecule has 0 bridgehead atoms. The lowest BCUT2D eigenvalue weighted by Gasteiger charge is -2.02. The van der Waals surface area contributed by atoms with Crippen molar-refractivity contribution in [2.45, 2.75) is 13.3 Å². The lowest BCUT2D eigenvalue weighted by Crippen LogP contribution is -2.03. The molecule has 2 aromatic carbocycles. The molecule has 0 aliphatic heterocycles. The summed E-state index contributed by atoms with van der Waals surface area (Å²) in [6, 6.07) is 10.7. The Hall–Kier alpha value is -2.21. The molecule has 2 aromatic heterocycles. The summed E-state index contributed by atoms with van der Waals surface area (Å²) < 4.78 is 0. The molecule has 0 spiro atoms. The van der Waals surface area contributed by atoms with Gasteiger partial charge in [0, 0.05) is 16.6 Å². The van der Waals surface area contributed by atoms with Crippen molar-refractivity contribution < 1.29 is 4.79 Å². The maximum Gasteiger partial charge on any atom is 0.169 e. The molecular weight excluding hydrogens is 389 g/mol. The van der Waals surface area contributed by atoms with E-state index in [-0.39, 0.29) is 5.78 Å². The van der Waals surface area contributed by atoms with Crippen molar-refractivity contribution in [1.82, 2.24) is 15.0 Å². The number of nitrogens with one attached hydrogen (secondary N) is 1. The number of rotatable bonds is 4. The molecule has 0 amide bonds. The fourth-order valence-corrected chi connectivity index (χ4v) is 4.10. The van der Waals surface area contributed by atoms with E-state index in [4.69, 9.17) is 23.2 Å². The van der Waals surface area contributed by atoms with Crippen molar-refractivity contribution >= 4 is 51.4 Å². The minimum absolute atomic E-state index is 0.0215. The SMILES string of the molecule is Cc1csc(CC(=O)c2ccc3nc(-c4c(Cl)cccc4Cl)[nH]c3c2)n1. The number of Topliss-reactive ketones (excluding diaryl/α,β-unsaturated/α-hetero) is 1. The zero-order valence-electron chi connectivity index (χ0n) is 13.7. The van der Waals surface area contributed by atoms with E-state index in [0.29, 0.717) is 33.4 Å². The predicted molar refractivity (Wildman–Crippen MR) is 106 cm³/mol. The Bertz CT molecular complexity index is 1110. The number of H-pyrrole nitrogens is 1. The summed E-state index contributed by atoms with van der Waals surface area (Å²) in [6.45, 7) is 1.92. The summed E-state index contributed by atoms with van der Waals surface area (Å²) in [6.07, 6.45) is 0.293. The van der Waals surface area contributed by atoms with Gasteiger partial charge in [-0.15, -0.1) is 11.3 Å². The zero-order valence-corrected chi connectivity index (χ0v) is 16.0. The number of hydrogen-bond donors (Lipinski definition) is 1. The van der Waals surface area contributed by atoms with Crippen LogP contribution in [0.2, 0.25) is 10.0 Å². The van der Waals surface area contributed by atoms with E-state index in [1.165, 1.54) is 11.3 Å². The summed E-state index contributed by atoms with van der Waals surface area (Å²) in [5.41, 5.74) is 3.71. The third kappa shape index (κ3) is 3.26. The highest BCUT2D eigenvalue weighted by molar-refractivity contribution is 7.09. The van der Waals surface area contributed by atoms with Gasteiger partial charge in [-0.2, -0.15) is 0 Å². The summed E-state index contributed by atoms with van der Waals surface area (Å²) in [5.74, 6) is 0.601. The van der Waals surface area contributed by atoms with Crippen LogP contribution in [0.15, 0.2) is 41.8 Å². The van der Waals surface area contributed by atoms with E-state index in [0.717, 1.165) is 21.7 Å². The summed E-state index contributed by atoms with van der Waals surface area (Å²) in [4.78, 5) is 24.6. The van der Waals surface area contributed by atoms with Gasteiger partial charge in [0.15, 0.2) is 5.78 Å². The van der Waals surface area contributed by atoms with Crippen molar-refractivity contribution in [3.05, 3.63) is 68.1 Å². The number of aromatic nitrogens is 3. The van der Waals surface area contributed by atoms with Gasteiger partial charge in [0.05, 0.1) is 33.1 Å². The smallest absolute Gasteiger partial charge is 0.169 e. The van der Waals surface area contributed by atoms with E-state index < -0.39 is 0 Å². The standard InChI is InChI=1S/C19H13Cl2N3OS/c1-10-9-26-17(22-10)8-16(25)11-5-6-14-15(7-11)24-19(23-14)18-12(20)3-2-4-13(18)21/h2-7,9H,8H2,1H3,(H,23,24). The molecule has 0 saturated carbocycles. The Morgan fingerprint density at radius 1 is 1.15 bits per heavy atom. The van der Waals surface area contributed by atoms with Crippen molar-refractivity contribution in [1.29, 1.82) is 0 Å². The number of carbonyl (C=O) groups excluding carboxylic acids is 1. The molecule has 1 N–H and O–H groups in total. The molecule has 0 atom stereocenters. The predicted octanol–water partition coefficient (Wildman–Crippen LogP) is 5.73. The largest absolute Gasteiger partial charge is 0.338 e. The monoisotopic (exact) mass is 401 g/mol. The molecule has 0 saturated heterocycles. The summed E-state index contributed by atoms with van der Waals surface area (Å²) in [7, 11) is 0. The minimum atomic E-state index is 0.0215. The molecule has 0 radical (unpaired) electrons. The third-order valence-electron chi connectivity index (χ3n) is 3.98. The maximum atomic E-state index is 12.5. The zero-order chi connectivity index (χ0) is 18.3. The quantitative estimate of drug-likeness (QED) is 0.444. The number of hydrogen-bond acceptors (Lipinski definition) is 4. The van der Waals surface area contributed by atoms with Crippen molar-refractivity contribution in [2.24, 2.45) is 0 Å². The first-order chi connectivity index (χ1) is 12.5. The van der Waals surface area contributed by atoms with Crippen molar-refractivity contribution in [2.75, 3.05) is 0 Å². The molecule has 0 fully saturated rings. The van der Waals surface area contributed by atoms with E-state index in [2.05, 4.69) is 15.0 Å². The molecule has 4 nitrogen and oxygen atoms in total. The Labute approximate surface area is 163 Å². The molecule has 7 heteroatoms. The molecule has 130 valence electrons. The fraction of sp³-hybridized carbons (Fsp3) is 0.105. The second-order valence-corrected chi connectivity index (χ2v) is 7.65. The van der Waals surface area contributed by atoms with Crippen LogP contribution >= 0.6 is 34.5 Å². The summed E-state index contributed by atoms with van der Waals surface area (Å²) in [5, 5.41) is 3.81. The van der Waals surface area contributed by atoms with Gasteiger partial charge in [0.1, 0.15) is 10.8 Å². The second-order valence-electron chi connectivity index (χ2n) is 5.90. The third-order valence-corrected chi connectivity index (χ3v) is 5.58. The number of ketones is 1. The van der Waals surface area contributed by atoms with Crippen molar-refractivity contribution in [3.63, 3.8) is 0 Å². The van der Waals surface area contributed by atoms with Gasteiger partial charge < -0.3 is 4.98 Å². The number of fused-ring (bicyclic) bond motifs is 1. The Kier molecular flexibility index (Phi) is 4.53. The molecule has 0 aliphatic carbocycles. The Morgan fingerprint density at radius 2 is 1.92 bits per heavy atom. The first kappa shape index (κ1) is 17.2. The molecule has 2 heterocycles. The van der Waals surface area contributed by atoms with E-state index >= 15 is 0 Å². The molecule has 0 unspecified atom stereocenters. The van der Waals surface area contributed by atoms with E-state index in [1.54, 1.807) is 30.3 Å². The molecule has 26 heavy (non-hydrogen) atoms. The number of aromatic amines is 1. The van der Waals surface area contributed by atoms with Crippen LogP contribution in [0.25, 0.3) is 22.4 Å². The highest BCUT2D eigenvalue weighted by Gasteiger charge is 2.15. The number of aryl methyl sites for hydroxylation is 1. The lowest BCUT2D eigenvalue weighted by molar-refractivity contribution is 0.0993. The van der Waals surface area contributed by atoms with Gasteiger partial charge in [0.25, 0.3) is 0 Å². The van der Waals surface area contributed by atoms with Gasteiger partial charge in [-0.25, -0.2) is 9.97 Å². The van der Waals surface area contributed by atoms with Gasteiger partial charge >= 0.3 is 0 Å². The van der Waals surface area contributed by atoms with Gasteiger partial charge in [-0.3, -0.25) is 4.79 Å². The fourth-order valence-electron chi connectivity index (χ4n) is 2.75. The van der Waals surface area contributed by atoms with Gasteiger partial charge in [-0.05, 0) is 37.3 Å². The molecule has 0 aliphatic rings. The molecule has 4 aromatic rings. The maximum absolute atomic E-state index is 12.5. The number of thiazole rings is 1. The number of nitrogens with zero attached hydrogens (tertiary/aromatic N) is 2.